The number of carbonyl (C=O) groups excluding carboxylic acids is 1. The first-order valence-corrected chi connectivity index (χ1v) is 10.3. The zero-order valence-corrected chi connectivity index (χ0v) is 17.1. The third-order valence-corrected chi connectivity index (χ3v) is 5.58. The largest absolute Gasteiger partial charge is 0.497 e. The van der Waals surface area contributed by atoms with Crippen LogP contribution in [0.25, 0.3) is 17.1 Å². The average molecular weight is 418 g/mol. The van der Waals surface area contributed by atoms with Gasteiger partial charge in [0, 0.05) is 11.8 Å². The number of fused-ring (bicyclic) bond motifs is 1. The topological polar surface area (TPSA) is 44.1 Å². The Labute approximate surface area is 178 Å². The number of hydrogen-bond donors (Lipinski definition) is 0. The van der Waals surface area contributed by atoms with Crippen LogP contribution < -0.4 is 4.74 Å². The van der Waals surface area contributed by atoms with Gasteiger partial charge in [0.05, 0.1) is 18.1 Å². The quantitative estimate of drug-likeness (QED) is 0.292. The summed E-state index contributed by atoms with van der Waals surface area (Å²) in [7, 11) is 1.61. The lowest BCUT2D eigenvalue weighted by atomic mass is 10.2. The van der Waals surface area contributed by atoms with Crippen LogP contribution in [-0.4, -0.2) is 22.6 Å². The zero-order chi connectivity index (χ0) is 20.9. The molecule has 0 aliphatic heterocycles. The summed E-state index contributed by atoms with van der Waals surface area (Å²) in [6.45, 7) is 0. The fourth-order valence-electron chi connectivity index (χ4n) is 3.00. The van der Waals surface area contributed by atoms with Crippen molar-refractivity contribution in [2.75, 3.05) is 7.11 Å². The molecule has 4 aromatic rings. The summed E-state index contributed by atoms with van der Waals surface area (Å²) in [6, 6.07) is 21.3. The van der Waals surface area contributed by atoms with Crippen molar-refractivity contribution in [3.05, 3.63) is 95.8 Å². The predicted molar refractivity (Wildman–Crippen MR) is 118 cm³/mol. The molecule has 0 saturated heterocycles. The highest BCUT2D eigenvalue weighted by molar-refractivity contribution is 7.98. The summed E-state index contributed by atoms with van der Waals surface area (Å²) in [5.41, 5.74) is 3.36. The molecule has 0 radical (unpaired) electrons. The Morgan fingerprint density at radius 1 is 1.07 bits per heavy atom. The Hall–Kier alpha value is -3.38. The van der Waals surface area contributed by atoms with Crippen molar-refractivity contribution in [1.29, 1.82) is 0 Å². The zero-order valence-electron chi connectivity index (χ0n) is 16.3. The molecule has 0 aliphatic carbocycles. The van der Waals surface area contributed by atoms with E-state index < -0.39 is 0 Å². The minimum atomic E-state index is -0.269. The van der Waals surface area contributed by atoms with Gasteiger partial charge < -0.3 is 4.74 Å². The van der Waals surface area contributed by atoms with Crippen LogP contribution in [0.2, 0.25) is 0 Å². The molecule has 0 N–H and O–H groups in total. The number of hydrogen-bond acceptors (Lipinski definition) is 4. The number of benzene rings is 3. The second-order valence-corrected chi connectivity index (χ2v) is 7.52. The van der Waals surface area contributed by atoms with Crippen molar-refractivity contribution in [1.82, 2.24) is 9.55 Å². The summed E-state index contributed by atoms with van der Waals surface area (Å²) in [6.07, 6.45) is 3.31. The van der Waals surface area contributed by atoms with Gasteiger partial charge >= 0.3 is 0 Å². The first-order valence-electron chi connectivity index (χ1n) is 9.35. The lowest BCUT2D eigenvalue weighted by Crippen LogP contribution is -2.08. The molecule has 30 heavy (non-hydrogen) atoms. The molecule has 4 nitrogen and oxygen atoms in total. The predicted octanol–water partition coefficient (Wildman–Crippen LogP) is 5.83. The SMILES string of the molecule is COc1ccc(C=CC(=O)n2c(SCc3ccc(F)cc3)nc3ccccc32)cc1. The van der Waals surface area contributed by atoms with E-state index in [1.54, 1.807) is 29.9 Å². The first-order chi connectivity index (χ1) is 14.6. The Balaban J connectivity index is 1.60. The standard InChI is InChI=1S/C24H19FN2O2S/c1-29-20-13-8-17(9-14-20)10-15-23(28)27-22-5-3-2-4-21(22)26-24(27)30-16-18-6-11-19(25)12-7-18/h2-15H,16H2,1H3. The van der Waals surface area contributed by atoms with Gasteiger partial charge in [0.1, 0.15) is 11.6 Å². The molecule has 0 aliphatic rings. The number of allylic oxidation sites excluding steroid dienone is 1. The van der Waals surface area contributed by atoms with Crippen molar-refractivity contribution in [3.8, 4) is 5.75 Å². The van der Waals surface area contributed by atoms with Crippen LogP contribution in [-0.2, 0) is 5.75 Å². The highest BCUT2D eigenvalue weighted by atomic mass is 32.2. The maximum atomic E-state index is 13.1. The molecule has 4 rings (SSSR count). The molecule has 150 valence electrons. The second-order valence-electron chi connectivity index (χ2n) is 6.58. The maximum Gasteiger partial charge on any atom is 0.257 e. The fourth-order valence-corrected chi connectivity index (χ4v) is 3.97. The normalized spacial score (nSPS) is 11.3. The van der Waals surface area contributed by atoms with E-state index >= 15 is 0 Å². The fraction of sp³-hybridized carbons (Fsp3) is 0.0833. The summed E-state index contributed by atoms with van der Waals surface area (Å²) in [5.74, 6) is 0.897. The summed E-state index contributed by atoms with van der Waals surface area (Å²) in [4.78, 5) is 17.7. The van der Waals surface area contributed by atoms with Crippen LogP contribution in [0, 0.1) is 5.82 Å². The highest BCUT2D eigenvalue weighted by Crippen LogP contribution is 2.27. The van der Waals surface area contributed by atoms with E-state index in [1.165, 1.54) is 30.0 Å². The number of para-hydroxylation sites is 2. The van der Waals surface area contributed by atoms with Crippen molar-refractivity contribution in [2.45, 2.75) is 10.9 Å². The van der Waals surface area contributed by atoms with E-state index in [-0.39, 0.29) is 11.7 Å². The Bertz CT molecular complexity index is 1200. The van der Waals surface area contributed by atoms with Crippen molar-refractivity contribution < 1.29 is 13.9 Å². The Kier molecular flexibility index (Phi) is 5.95. The summed E-state index contributed by atoms with van der Waals surface area (Å²) >= 11 is 1.44. The third-order valence-electron chi connectivity index (χ3n) is 4.57. The smallest absolute Gasteiger partial charge is 0.257 e. The number of carbonyl (C=O) groups is 1. The van der Waals surface area contributed by atoms with E-state index in [0.717, 1.165) is 27.9 Å². The number of thioether (sulfide) groups is 1. The maximum absolute atomic E-state index is 13.1. The van der Waals surface area contributed by atoms with Crippen LogP contribution in [0.1, 0.15) is 15.9 Å². The molecular formula is C24H19FN2O2S. The molecule has 1 heterocycles. The molecule has 0 unspecified atom stereocenters. The van der Waals surface area contributed by atoms with Crippen LogP contribution in [0.4, 0.5) is 4.39 Å². The Morgan fingerprint density at radius 3 is 2.53 bits per heavy atom. The van der Waals surface area contributed by atoms with Crippen LogP contribution >= 0.6 is 11.8 Å². The van der Waals surface area contributed by atoms with E-state index in [1.807, 2.05) is 48.5 Å². The van der Waals surface area contributed by atoms with Gasteiger partial charge in [-0.1, -0.05) is 48.2 Å². The summed E-state index contributed by atoms with van der Waals surface area (Å²) < 4.78 is 19.9. The number of imidazole rings is 1. The van der Waals surface area contributed by atoms with E-state index in [0.29, 0.717) is 10.9 Å². The molecule has 0 spiro atoms. The number of nitrogens with zero attached hydrogens (tertiary/aromatic N) is 2. The van der Waals surface area contributed by atoms with Gasteiger partial charge in [-0.05, 0) is 53.6 Å². The summed E-state index contributed by atoms with van der Waals surface area (Å²) in [5, 5.41) is 0.602. The molecule has 0 bridgehead atoms. The van der Waals surface area contributed by atoms with Gasteiger partial charge in [-0.15, -0.1) is 0 Å². The van der Waals surface area contributed by atoms with Gasteiger partial charge in [0.15, 0.2) is 5.16 Å². The lowest BCUT2D eigenvalue weighted by molar-refractivity contribution is 0.0965. The van der Waals surface area contributed by atoms with Crippen molar-refractivity contribution >= 4 is 34.8 Å². The van der Waals surface area contributed by atoms with Crippen molar-refractivity contribution in [2.24, 2.45) is 0 Å². The monoisotopic (exact) mass is 418 g/mol. The number of methoxy groups -OCH3 is 1. The molecular weight excluding hydrogens is 399 g/mol. The number of ether oxygens (including phenoxy) is 1. The third kappa shape index (κ3) is 4.44. The molecule has 0 fully saturated rings. The van der Waals surface area contributed by atoms with Crippen LogP contribution in [0.5, 0.6) is 5.75 Å². The van der Waals surface area contributed by atoms with Gasteiger partial charge in [-0.25, -0.2) is 9.37 Å². The minimum Gasteiger partial charge on any atom is -0.497 e. The second kappa shape index (κ2) is 8.97. The molecule has 0 atom stereocenters. The van der Waals surface area contributed by atoms with Gasteiger partial charge in [0.2, 0.25) is 0 Å². The lowest BCUT2D eigenvalue weighted by Gasteiger charge is -2.05. The van der Waals surface area contributed by atoms with E-state index in [4.69, 9.17) is 4.74 Å². The number of halogens is 1. The van der Waals surface area contributed by atoms with E-state index in [2.05, 4.69) is 4.98 Å². The molecule has 3 aromatic carbocycles. The highest BCUT2D eigenvalue weighted by Gasteiger charge is 2.15. The van der Waals surface area contributed by atoms with Gasteiger partial charge in [0.25, 0.3) is 5.91 Å². The minimum absolute atomic E-state index is 0.180. The molecule has 0 amide bonds. The number of aromatic nitrogens is 2. The molecule has 1 aromatic heterocycles. The van der Waals surface area contributed by atoms with Crippen molar-refractivity contribution in [3.63, 3.8) is 0 Å². The Morgan fingerprint density at radius 2 is 1.80 bits per heavy atom. The average Bonchev–Trinajstić information content (AvgIpc) is 3.16. The van der Waals surface area contributed by atoms with Crippen LogP contribution in [0.15, 0.2) is 84.0 Å². The number of rotatable bonds is 6. The molecule has 6 heteroatoms. The van der Waals surface area contributed by atoms with Crippen LogP contribution in [0.3, 0.4) is 0 Å². The van der Waals surface area contributed by atoms with Gasteiger partial charge in [-0.2, -0.15) is 0 Å². The molecule has 0 saturated carbocycles. The first kappa shape index (κ1) is 19.9. The van der Waals surface area contributed by atoms with Gasteiger partial charge in [-0.3, -0.25) is 9.36 Å². The van der Waals surface area contributed by atoms with E-state index in [9.17, 15) is 9.18 Å².